The van der Waals surface area contributed by atoms with Gasteiger partial charge in [0.05, 0.1) is 18.4 Å². The van der Waals surface area contributed by atoms with Gasteiger partial charge in [-0.3, -0.25) is 0 Å². The zero-order valence-electron chi connectivity index (χ0n) is 6.34. The Kier molecular flexibility index (Phi) is 2.72. The Bertz CT molecular complexity index is 317. The second-order valence-corrected chi connectivity index (χ2v) is 2.29. The van der Waals surface area contributed by atoms with Crippen molar-refractivity contribution < 1.29 is 23.4 Å². The number of nitrogens with zero attached hydrogens (tertiary/aromatic N) is 1. The van der Waals surface area contributed by atoms with Gasteiger partial charge < -0.3 is 10.2 Å². The molecule has 0 fully saturated rings. The van der Waals surface area contributed by atoms with Gasteiger partial charge in [0.15, 0.2) is 0 Å². The highest BCUT2D eigenvalue weighted by atomic mass is 19.3. The molecular weight excluding hydrogens is 187 g/mol. The van der Waals surface area contributed by atoms with Crippen molar-refractivity contribution in [1.29, 1.82) is 0 Å². The highest BCUT2D eigenvalue weighted by Crippen LogP contribution is 2.31. The van der Waals surface area contributed by atoms with Gasteiger partial charge in [-0.1, -0.05) is 0 Å². The minimum atomic E-state index is -3.04. The number of pyridine rings is 1. The van der Waals surface area contributed by atoms with E-state index in [1.165, 1.54) is 0 Å². The van der Waals surface area contributed by atoms with Gasteiger partial charge in [-0.25, -0.2) is 13.8 Å². The van der Waals surface area contributed by atoms with E-state index in [-0.39, 0.29) is 0 Å². The summed E-state index contributed by atoms with van der Waals surface area (Å²) in [7, 11) is 0. The summed E-state index contributed by atoms with van der Waals surface area (Å²) in [6.07, 6.45) is -2.46. The number of hydrogen-bond acceptors (Lipinski definition) is 3. The first-order valence-corrected chi connectivity index (χ1v) is 3.33. The van der Waals surface area contributed by atoms with Crippen LogP contribution in [0.3, 0.4) is 0 Å². The van der Waals surface area contributed by atoms with Crippen molar-refractivity contribution >= 4 is 0 Å². The van der Waals surface area contributed by atoms with E-state index in [1.54, 1.807) is 0 Å². The van der Waals surface area contributed by atoms with Crippen LogP contribution in [0.1, 0.15) is 17.6 Å². The highest BCUT2D eigenvalue weighted by Gasteiger charge is 2.21. The summed E-state index contributed by atoms with van der Waals surface area (Å²) in [5.41, 5.74) is -1.58. The number of rotatable bonds is 2. The summed E-state index contributed by atoms with van der Waals surface area (Å²) < 4.78 is 37.1. The fourth-order valence-electron chi connectivity index (χ4n) is 0.925. The molecule has 0 amide bonds. The van der Waals surface area contributed by atoms with Crippen molar-refractivity contribution in [1.82, 2.24) is 4.98 Å². The van der Waals surface area contributed by atoms with Gasteiger partial charge >= 0.3 is 0 Å². The van der Waals surface area contributed by atoms with Crippen LogP contribution >= 0.6 is 0 Å². The topological polar surface area (TPSA) is 53.4 Å². The maximum atomic E-state index is 12.7. The molecule has 6 heteroatoms. The predicted octanol–water partition coefficient (Wildman–Crippen LogP) is 1.36. The quantitative estimate of drug-likeness (QED) is 0.697. The Morgan fingerprint density at radius 1 is 1.46 bits per heavy atom. The van der Waals surface area contributed by atoms with Gasteiger partial charge in [-0.2, -0.15) is 4.39 Å². The van der Waals surface area contributed by atoms with Gasteiger partial charge in [0.1, 0.15) is 5.75 Å². The lowest BCUT2D eigenvalue weighted by atomic mass is 10.1. The SMILES string of the molecule is OCc1c(F)ncc(O)c1C(F)F. The van der Waals surface area contributed by atoms with Crippen molar-refractivity contribution in [2.45, 2.75) is 13.0 Å². The van der Waals surface area contributed by atoms with Crippen molar-refractivity contribution in [3.8, 4) is 5.75 Å². The van der Waals surface area contributed by atoms with Crippen LogP contribution in [0.25, 0.3) is 0 Å². The van der Waals surface area contributed by atoms with Gasteiger partial charge in [-0.05, 0) is 0 Å². The van der Waals surface area contributed by atoms with Crippen LogP contribution in [0.5, 0.6) is 5.75 Å². The van der Waals surface area contributed by atoms with E-state index in [0.717, 1.165) is 0 Å². The third-order valence-corrected chi connectivity index (χ3v) is 1.53. The molecule has 0 radical (unpaired) electrons. The van der Waals surface area contributed by atoms with Gasteiger partial charge in [0.25, 0.3) is 6.43 Å². The Balaban J connectivity index is 3.35. The number of aliphatic hydroxyl groups excluding tert-OH is 1. The van der Waals surface area contributed by atoms with E-state index in [4.69, 9.17) is 10.2 Å². The third kappa shape index (κ3) is 1.72. The van der Waals surface area contributed by atoms with Crippen LogP contribution in [-0.2, 0) is 6.61 Å². The smallest absolute Gasteiger partial charge is 0.267 e. The van der Waals surface area contributed by atoms with Gasteiger partial charge in [0, 0.05) is 5.56 Å². The lowest BCUT2D eigenvalue weighted by Crippen LogP contribution is -2.01. The summed E-state index contributed by atoms with van der Waals surface area (Å²) in [6.45, 7) is -0.924. The molecule has 0 atom stereocenters. The average molecular weight is 193 g/mol. The van der Waals surface area contributed by atoms with Crippen LogP contribution in [0.15, 0.2) is 6.20 Å². The van der Waals surface area contributed by atoms with Crippen LogP contribution in [0.4, 0.5) is 13.2 Å². The molecule has 0 aliphatic rings. The molecule has 1 aromatic rings. The first kappa shape index (κ1) is 9.79. The molecule has 13 heavy (non-hydrogen) atoms. The average Bonchev–Trinajstić information content (AvgIpc) is 2.07. The summed E-state index contributed by atoms with van der Waals surface area (Å²) in [6, 6.07) is 0. The molecule has 0 aromatic carbocycles. The zero-order valence-corrected chi connectivity index (χ0v) is 6.34. The molecule has 1 rings (SSSR count). The maximum Gasteiger partial charge on any atom is 0.267 e. The number of aromatic nitrogens is 1. The Morgan fingerprint density at radius 3 is 2.46 bits per heavy atom. The number of aliphatic hydroxyl groups is 1. The van der Waals surface area contributed by atoms with E-state index in [1.807, 2.05) is 0 Å². The van der Waals surface area contributed by atoms with Crippen LogP contribution in [-0.4, -0.2) is 15.2 Å². The summed E-state index contributed by atoms with van der Waals surface area (Å²) in [4.78, 5) is 2.98. The molecule has 0 spiro atoms. The lowest BCUT2D eigenvalue weighted by molar-refractivity contribution is 0.141. The van der Waals surface area contributed by atoms with Crippen molar-refractivity contribution in [2.75, 3.05) is 0 Å². The van der Waals surface area contributed by atoms with Crippen LogP contribution in [0.2, 0.25) is 0 Å². The van der Waals surface area contributed by atoms with E-state index in [2.05, 4.69) is 4.98 Å². The van der Waals surface area contributed by atoms with E-state index in [0.29, 0.717) is 6.20 Å². The number of aromatic hydroxyl groups is 1. The molecule has 1 heterocycles. The fourth-order valence-corrected chi connectivity index (χ4v) is 0.925. The molecule has 1 aromatic heterocycles. The van der Waals surface area contributed by atoms with Gasteiger partial charge in [-0.15, -0.1) is 0 Å². The Hall–Kier alpha value is -1.30. The van der Waals surface area contributed by atoms with Crippen molar-refractivity contribution in [2.24, 2.45) is 0 Å². The summed E-state index contributed by atoms with van der Waals surface area (Å²) >= 11 is 0. The molecule has 3 nitrogen and oxygen atoms in total. The lowest BCUT2D eigenvalue weighted by Gasteiger charge is -2.08. The normalized spacial score (nSPS) is 10.8. The first-order valence-electron chi connectivity index (χ1n) is 3.33. The van der Waals surface area contributed by atoms with E-state index < -0.39 is 35.9 Å². The number of alkyl halides is 2. The predicted molar refractivity (Wildman–Crippen MR) is 36.7 cm³/mol. The number of hydrogen-bond donors (Lipinski definition) is 2. The summed E-state index contributed by atoms with van der Waals surface area (Å²) in [5.74, 6) is -2.02. The standard InChI is InChI=1S/C7H6F3NO2/c8-6(9)5-3(2-12)7(10)11-1-4(5)13/h1,6,12-13H,2H2. The largest absolute Gasteiger partial charge is 0.506 e. The zero-order chi connectivity index (χ0) is 10.0. The van der Waals surface area contributed by atoms with Crippen molar-refractivity contribution in [3.05, 3.63) is 23.3 Å². The molecule has 0 saturated carbocycles. The molecule has 0 bridgehead atoms. The molecule has 72 valence electrons. The molecule has 0 saturated heterocycles. The van der Waals surface area contributed by atoms with Crippen molar-refractivity contribution in [3.63, 3.8) is 0 Å². The highest BCUT2D eigenvalue weighted by molar-refractivity contribution is 5.37. The summed E-state index contributed by atoms with van der Waals surface area (Å²) in [5, 5.41) is 17.4. The van der Waals surface area contributed by atoms with Crippen LogP contribution in [0, 0.1) is 5.95 Å². The third-order valence-electron chi connectivity index (χ3n) is 1.53. The van der Waals surface area contributed by atoms with Crippen LogP contribution < -0.4 is 0 Å². The minimum Gasteiger partial charge on any atom is -0.506 e. The maximum absolute atomic E-state index is 12.7. The number of halogens is 3. The Labute approximate surface area is 71.5 Å². The molecule has 0 unspecified atom stereocenters. The van der Waals surface area contributed by atoms with E-state index >= 15 is 0 Å². The molecular formula is C7H6F3NO2. The fraction of sp³-hybridized carbons (Fsp3) is 0.286. The first-order chi connectivity index (χ1) is 6.07. The Morgan fingerprint density at radius 2 is 2.08 bits per heavy atom. The molecule has 2 N–H and O–H groups in total. The monoisotopic (exact) mass is 193 g/mol. The minimum absolute atomic E-state index is 0.579. The molecule has 0 aliphatic carbocycles. The van der Waals surface area contributed by atoms with E-state index in [9.17, 15) is 13.2 Å². The van der Waals surface area contributed by atoms with Gasteiger partial charge in [0.2, 0.25) is 5.95 Å². The second kappa shape index (κ2) is 3.61. The second-order valence-electron chi connectivity index (χ2n) is 2.29. The molecule has 0 aliphatic heterocycles.